The second-order valence-electron chi connectivity index (χ2n) is 5.73. The number of hydrogen-bond donors (Lipinski definition) is 0. The van der Waals surface area contributed by atoms with Crippen LogP contribution >= 0.6 is 11.8 Å². The summed E-state index contributed by atoms with van der Waals surface area (Å²) < 4.78 is 11.0. The Morgan fingerprint density at radius 1 is 1.24 bits per heavy atom. The largest absolute Gasteiger partial charge is 0.486 e. The maximum atomic E-state index is 12.4. The van der Waals surface area contributed by atoms with Gasteiger partial charge in [0.2, 0.25) is 0 Å². The Hall–Kier alpha value is -2.54. The van der Waals surface area contributed by atoms with Gasteiger partial charge < -0.3 is 14.2 Å². The van der Waals surface area contributed by atoms with Crippen LogP contribution in [0, 0.1) is 0 Å². The predicted molar refractivity (Wildman–Crippen MR) is 95.8 cm³/mol. The normalized spacial score (nSPS) is 14.6. The zero-order chi connectivity index (χ0) is 17.1. The number of pyridine rings is 1. The molecular weight excluding hydrogens is 338 g/mol. The van der Waals surface area contributed by atoms with E-state index in [1.807, 2.05) is 47.0 Å². The van der Waals surface area contributed by atoms with Crippen molar-refractivity contribution in [2.45, 2.75) is 6.61 Å². The van der Waals surface area contributed by atoms with Gasteiger partial charge in [-0.15, -0.1) is 0 Å². The van der Waals surface area contributed by atoms with E-state index in [0.717, 1.165) is 41.2 Å². The number of amides is 1. The maximum Gasteiger partial charge on any atom is 0.276 e. The molecule has 0 aliphatic carbocycles. The van der Waals surface area contributed by atoms with Crippen molar-refractivity contribution in [2.75, 3.05) is 24.6 Å². The first kappa shape index (κ1) is 16.0. The van der Waals surface area contributed by atoms with Crippen molar-refractivity contribution in [1.82, 2.24) is 15.0 Å². The Bertz CT molecular complexity index is 890. The van der Waals surface area contributed by atoms with Crippen LogP contribution in [-0.4, -0.2) is 45.5 Å². The summed E-state index contributed by atoms with van der Waals surface area (Å²) in [7, 11) is 0. The fourth-order valence-electron chi connectivity index (χ4n) is 2.71. The first-order valence-corrected chi connectivity index (χ1v) is 9.25. The average Bonchev–Trinajstić information content (AvgIpc) is 3.15. The van der Waals surface area contributed by atoms with E-state index in [-0.39, 0.29) is 12.5 Å². The molecule has 25 heavy (non-hydrogen) atoms. The first-order chi connectivity index (χ1) is 12.3. The van der Waals surface area contributed by atoms with Gasteiger partial charge in [-0.2, -0.15) is 11.8 Å². The van der Waals surface area contributed by atoms with Gasteiger partial charge in [-0.25, -0.2) is 0 Å². The molecule has 1 fully saturated rings. The van der Waals surface area contributed by atoms with E-state index in [9.17, 15) is 4.79 Å². The van der Waals surface area contributed by atoms with Crippen molar-refractivity contribution in [2.24, 2.45) is 0 Å². The number of carbonyl (C=O) groups is 1. The van der Waals surface area contributed by atoms with E-state index in [1.165, 1.54) is 0 Å². The highest BCUT2D eigenvalue weighted by Crippen LogP contribution is 2.20. The molecule has 6 nitrogen and oxygen atoms in total. The van der Waals surface area contributed by atoms with Crippen molar-refractivity contribution in [3.8, 4) is 5.75 Å². The summed E-state index contributed by atoms with van der Waals surface area (Å²) in [4.78, 5) is 18.5. The third-order valence-electron chi connectivity index (χ3n) is 4.03. The van der Waals surface area contributed by atoms with Gasteiger partial charge in [0, 0.05) is 42.2 Å². The number of thioether (sulfide) groups is 1. The number of carbonyl (C=O) groups excluding carboxylic acids is 1. The van der Waals surface area contributed by atoms with Crippen LogP contribution in [0.1, 0.15) is 16.2 Å². The minimum atomic E-state index is -0.0768. The summed E-state index contributed by atoms with van der Waals surface area (Å²) in [6.07, 6.45) is 1.76. The van der Waals surface area contributed by atoms with Crippen molar-refractivity contribution in [3.05, 3.63) is 54.0 Å². The van der Waals surface area contributed by atoms with E-state index in [4.69, 9.17) is 9.26 Å². The number of nitrogens with zero attached hydrogens (tertiary/aromatic N) is 3. The third-order valence-corrected chi connectivity index (χ3v) is 4.97. The van der Waals surface area contributed by atoms with Crippen molar-refractivity contribution in [3.63, 3.8) is 0 Å². The summed E-state index contributed by atoms with van der Waals surface area (Å²) in [6, 6.07) is 11.2. The highest BCUT2D eigenvalue weighted by molar-refractivity contribution is 7.99. The molecule has 0 atom stereocenters. The standard InChI is InChI=1S/C18H17N3O3S/c22-18(21-6-8-25-9-7-21)17-11-15(24-20-17)12-23-14-3-4-16-13(10-14)2-1-5-19-16/h1-5,10-11H,6-9,12H2. The Labute approximate surface area is 149 Å². The van der Waals surface area contributed by atoms with E-state index in [0.29, 0.717) is 11.5 Å². The fraction of sp³-hybridized carbons (Fsp3) is 0.278. The molecule has 1 aliphatic heterocycles. The molecule has 0 spiro atoms. The van der Waals surface area contributed by atoms with Crippen LogP contribution in [0.15, 0.2) is 47.1 Å². The zero-order valence-electron chi connectivity index (χ0n) is 13.6. The molecule has 0 unspecified atom stereocenters. The highest BCUT2D eigenvalue weighted by Gasteiger charge is 2.21. The van der Waals surface area contributed by atoms with Gasteiger partial charge in [0.05, 0.1) is 5.52 Å². The van der Waals surface area contributed by atoms with Crippen LogP contribution < -0.4 is 4.74 Å². The molecule has 1 aliphatic rings. The molecule has 3 aromatic rings. The first-order valence-electron chi connectivity index (χ1n) is 8.10. The maximum absolute atomic E-state index is 12.4. The molecule has 1 saturated heterocycles. The lowest BCUT2D eigenvalue weighted by Crippen LogP contribution is -2.38. The third kappa shape index (κ3) is 3.61. The number of hydrogen-bond acceptors (Lipinski definition) is 6. The molecule has 2 aromatic heterocycles. The SMILES string of the molecule is O=C(c1cc(COc2ccc3ncccc3c2)on1)N1CCSCC1. The Kier molecular flexibility index (Phi) is 4.56. The second-order valence-corrected chi connectivity index (χ2v) is 6.95. The van der Waals surface area contributed by atoms with E-state index < -0.39 is 0 Å². The lowest BCUT2D eigenvalue weighted by molar-refractivity contribution is 0.0761. The van der Waals surface area contributed by atoms with Gasteiger partial charge in [-0.05, 0) is 24.3 Å². The lowest BCUT2D eigenvalue weighted by Gasteiger charge is -2.25. The van der Waals surface area contributed by atoms with Crippen molar-refractivity contribution < 1.29 is 14.1 Å². The van der Waals surface area contributed by atoms with Gasteiger partial charge >= 0.3 is 0 Å². The van der Waals surface area contributed by atoms with Gasteiger partial charge in [-0.3, -0.25) is 9.78 Å². The Morgan fingerprint density at radius 3 is 3.00 bits per heavy atom. The average molecular weight is 355 g/mol. The topological polar surface area (TPSA) is 68.5 Å². The van der Waals surface area contributed by atoms with E-state index >= 15 is 0 Å². The molecular formula is C18H17N3O3S. The number of rotatable bonds is 4. The Balaban J connectivity index is 1.41. The lowest BCUT2D eigenvalue weighted by atomic mass is 10.2. The summed E-state index contributed by atoms with van der Waals surface area (Å²) in [6.45, 7) is 1.74. The molecule has 4 rings (SSSR count). The summed E-state index contributed by atoms with van der Waals surface area (Å²) in [5.41, 5.74) is 1.26. The molecule has 128 valence electrons. The summed E-state index contributed by atoms with van der Waals surface area (Å²) in [5, 5.41) is 4.90. The number of benzene rings is 1. The summed E-state index contributed by atoms with van der Waals surface area (Å²) in [5.74, 6) is 3.11. The number of aromatic nitrogens is 2. The Morgan fingerprint density at radius 2 is 2.12 bits per heavy atom. The highest BCUT2D eigenvalue weighted by atomic mass is 32.2. The number of ether oxygens (including phenoxy) is 1. The van der Waals surface area contributed by atoms with Gasteiger partial charge in [0.1, 0.15) is 12.4 Å². The molecule has 3 heterocycles. The van der Waals surface area contributed by atoms with Crippen LogP contribution in [0.5, 0.6) is 5.75 Å². The van der Waals surface area contributed by atoms with Gasteiger partial charge in [-0.1, -0.05) is 11.2 Å². The molecule has 0 N–H and O–H groups in total. The van der Waals surface area contributed by atoms with Crippen LogP contribution in [0.4, 0.5) is 0 Å². The predicted octanol–water partition coefficient (Wildman–Crippen LogP) is 2.99. The summed E-state index contributed by atoms with van der Waals surface area (Å²) >= 11 is 1.86. The molecule has 7 heteroatoms. The minimum Gasteiger partial charge on any atom is -0.486 e. The van der Waals surface area contributed by atoms with Crippen LogP contribution in [-0.2, 0) is 6.61 Å². The molecule has 1 aromatic carbocycles. The van der Waals surface area contributed by atoms with Gasteiger partial charge in [0.25, 0.3) is 5.91 Å². The van der Waals surface area contributed by atoms with Crippen LogP contribution in [0.3, 0.4) is 0 Å². The van der Waals surface area contributed by atoms with Crippen LogP contribution in [0.2, 0.25) is 0 Å². The quantitative estimate of drug-likeness (QED) is 0.717. The number of fused-ring (bicyclic) bond motifs is 1. The van der Waals surface area contributed by atoms with Crippen molar-refractivity contribution in [1.29, 1.82) is 0 Å². The molecule has 0 bridgehead atoms. The fourth-order valence-corrected chi connectivity index (χ4v) is 3.61. The molecule has 0 saturated carbocycles. The monoisotopic (exact) mass is 355 g/mol. The van der Waals surface area contributed by atoms with Crippen LogP contribution in [0.25, 0.3) is 10.9 Å². The molecule has 1 amide bonds. The van der Waals surface area contributed by atoms with E-state index in [1.54, 1.807) is 12.3 Å². The van der Waals surface area contributed by atoms with Crippen molar-refractivity contribution >= 4 is 28.6 Å². The smallest absolute Gasteiger partial charge is 0.276 e. The zero-order valence-corrected chi connectivity index (χ0v) is 14.4. The second kappa shape index (κ2) is 7.14. The molecule has 0 radical (unpaired) electrons. The minimum absolute atomic E-state index is 0.0768. The van der Waals surface area contributed by atoms with Gasteiger partial charge in [0.15, 0.2) is 11.5 Å². The van der Waals surface area contributed by atoms with E-state index in [2.05, 4.69) is 10.1 Å².